The molecule has 0 nitrogen and oxygen atoms in total. The first-order chi connectivity index (χ1) is 6.20. The second-order valence-corrected chi connectivity index (χ2v) is 4.56. The summed E-state index contributed by atoms with van der Waals surface area (Å²) in [6.45, 7) is 9.12. The van der Waals surface area contributed by atoms with Gasteiger partial charge in [-0.3, -0.25) is 0 Å². The summed E-state index contributed by atoms with van der Waals surface area (Å²) >= 11 is 0. The number of unbranched alkanes of at least 4 members (excludes halogenated alkanes) is 2. The molecule has 1 radical (unpaired) electrons. The van der Waals surface area contributed by atoms with Gasteiger partial charge in [0.15, 0.2) is 0 Å². The third-order valence-corrected chi connectivity index (χ3v) is 2.61. The van der Waals surface area contributed by atoms with Gasteiger partial charge in [0, 0.05) is 0 Å². The highest BCUT2D eigenvalue weighted by atomic mass is 14.1. The molecule has 13 heavy (non-hydrogen) atoms. The van der Waals surface area contributed by atoms with E-state index in [-0.39, 0.29) is 0 Å². The molecule has 0 N–H and O–H groups in total. The average molecular weight is 183 g/mol. The fourth-order valence-electron chi connectivity index (χ4n) is 2.02. The van der Waals surface area contributed by atoms with Crippen LogP contribution in [0.3, 0.4) is 0 Å². The van der Waals surface area contributed by atoms with Gasteiger partial charge in [-0.2, -0.15) is 0 Å². The van der Waals surface area contributed by atoms with Gasteiger partial charge >= 0.3 is 0 Å². The Morgan fingerprint density at radius 1 is 0.923 bits per heavy atom. The van der Waals surface area contributed by atoms with Crippen LogP contribution in [-0.2, 0) is 0 Å². The molecule has 0 saturated carbocycles. The highest BCUT2D eigenvalue weighted by Crippen LogP contribution is 2.23. The van der Waals surface area contributed by atoms with E-state index in [0.717, 1.165) is 5.92 Å². The summed E-state index contributed by atoms with van der Waals surface area (Å²) in [6.07, 6.45) is 9.80. The quantitative estimate of drug-likeness (QED) is 0.465. The number of hydrogen-bond acceptors (Lipinski definition) is 0. The van der Waals surface area contributed by atoms with E-state index in [2.05, 4.69) is 27.7 Å². The van der Waals surface area contributed by atoms with Gasteiger partial charge < -0.3 is 0 Å². The SMILES string of the molecule is CCCCCC(CCC)C[C](C)C. The average Bonchev–Trinajstić information content (AvgIpc) is 2.04. The largest absolute Gasteiger partial charge is 0.0654 e. The van der Waals surface area contributed by atoms with Crippen LogP contribution in [0.1, 0.15) is 72.6 Å². The lowest BCUT2D eigenvalue weighted by Crippen LogP contribution is -2.03. The molecule has 0 saturated heterocycles. The summed E-state index contributed by atoms with van der Waals surface area (Å²) in [6, 6.07) is 0. The van der Waals surface area contributed by atoms with Gasteiger partial charge in [-0.05, 0) is 18.3 Å². The first-order valence-electron chi connectivity index (χ1n) is 5.99. The van der Waals surface area contributed by atoms with Crippen molar-refractivity contribution >= 4 is 0 Å². The van der Waals surface area contributed by atoms with Gasteiger partial charge in [0.1, 0.15) is 0 Å². The second-order valence-electron chi connectivity index (χ2n) is 4.56. The van der Waals surface area contributed by atoms with E-state index in [9.17, 15) is 0 Å². The van der Waals surface area contributed by atoms with Crippen molar-refractivity contribution in [1.29, 1.82) is 0 Å². The summed E-state index contributed by atoms with van der Waals surface area (Å²) in [7, 11) is 0. The monoisotopic (exact) mass is 183 g/mol. The molecule has 0 heterocycles. The molecule has 79 valence electrons. The molecule has 1 unspecified atom stereocenters. The number of hydrogen-bond donors (Lipinski definition) is 0. The molecule has 1 atom stereocenters. The van der Waals surface area contributed by atoms with E-state index >= 15 is 0 Å². The molecule has 0 amide bonds. The van der Waals surface area contributed by atoms with Crippen molar-refractivity contribution in [2.45, 2.75) is 72.6 Å². The van der Waals surface area contributed by atoms with E-state index in [1.165, 1.54) is 44.9 Å². The van der Waals surface area contributed by atoms with Gasteiger partial charge in [0.05, 0.1) is 0 Å². The minimum absolute atomic E-state index is 0.974. The van der Waals surface area contributed by atoms with Crippen molar-refractivity contribution in [3.05, 3.63) is 5.92 Å². The van der Waals surface area contributed by atoms with Crippen molar-refractivity contribution in [3.8, 4) is 0 Å². The highest BCUT2D eigenvalue weighted by Gasteiger charge is 2.09. The molecule has 0 aliphatic heterocycles. The maximum absolute atomic E-state index is 2.30. The van der Waals surface area contributed by atoms with Crippen LogP contribution in [0.15, 0.2) is 0 Å². The van der Waals surface area contributed by atoms with Crippen LogP contribution < -0.4 is 0 Å². The summed E-state index contributed by atoms with van der Waals surface area (Å²) in [5.41, 5.74) is 0. The van der Waals surface area contributed by atoms with Gasteiger partial charge in [-0.1, -0.05) is 66.2 Å². The maximum Gasteiger partial charge on any atom is -0.0300 e. The van der Waals surface area contributed by atoms with E-state index < -0.39 is 0 Å². The second kappa shape index (κ2) is 8.59. The van der Waals surface area contributed by atoms with E-state index in [0.29, 0.717) is 0 Å². The summed E-state index contributed by atoms with van der Waals surface area (Å²) in [5, 5.41) is 0. The molecule has 0 rings (SSSR count). The van der Waals surface area contributed by atoms with Crippen molar-refractivity contribution in [3.63, 3.8) is 0 Å². The lowest BCUT2D eigenvalue weighted by Gasteiger charge is -2.17. The first kappa shape index (κ1) is 13.0. The van der Waals surface area contributed by atoms with Crippen LogP contribution in [0, 0.1) is 11.8 Å². The third kappa shape index (κ3) is 8.33. The van der Waals surface area contributed by atoms with Crippen LogP contribution in [-0.4, -0.2) is 0 Å². The lowest BCUT2D eigenvalue weighted by molar-refractivity contribution is 0.406. The van der Waals surface area contributed by atoms with E-state index in [1.807, 2.05) is 0 Å². The van der Waals surface area contributed by atoms with Crippen LogP contribution in [0.5, 0.6) is 0 Å². The Balaban J connectivity index is 3.53. The Labute approximate surface area is 85.1 Å². The molecular weight excluding hydrogens is 156 g/mol. The maximum atomic E-state index is 2.30. The Bertz CT molecular complexity index is 94.2. The van der Waals surface area contributed by atoms with Crippen molar-refractivity contribution in [2.75, 3.05) is 0 Å². The Hall–Kier alpha value is 0. The molecule has 0 aliphatic carbocycles. The first-order valence-corrected chi connectivity index (χ1v) is 5.99. The van der Waals surface area contributed by atoms with Gasteiger partial charge in [0.25, 0.3) is 0 Å². The minimum atomic E-state index is 0.974. The molecule has 0 aliphatic rings. The molecular formula is C13H27. The van der Waals surface area contributed by atoms with Gasteiger partial charge in [-0.15, -0.1) is 0 Å². The Kier molecular flexibility index (Phi) is 8.59. The zero-order chi connectivity index (χ0) is 10.1. The van der Waals surface area contributed by atoms with Crippen molar-refractivity contribution in [2.24, 2.45) is 5.92 Å². The molecule has 0 aromatic rings. The van der Waals surface area contributed by atoms with E-state index in [4.69, 9.17) is 0 Å². The summed E-state index contributed by atoms with van der Waals surface area (Å²) in [5.74, 6) is 2.58. The lowest BCUT2D eigenvalue weighted by atomic mass is 9.89. The predicted molar refractivity (Wildman–Crippen MR) is 61.7 cm³/mol. The van der Waals surface area contributed by atoms with Crippen molar-refractivity contribution in [1.82, 2.24) is 0 Å². The van der Waals surface area contributed by atoms with Crippen LogP contribution >= 0.6 is 0 Å². The molecule has 0 bridgehead atoms. The zero-order valence-electron chi connectivity index (χ0n) is 10.0. The standard InChI is InChI=1S/C13H27/c1-5-7-8-10-13(9-6-2)11-12(3)4/h13H,5-11H2,1-4H3. The molecule has 0 fully saturated rings. The summed E-state index contributed by atoms with van der Waals surface area (Å²) < 4.78 is 0. The normalized spacial score (nSPS) is 13.6. The van der Waals surface area contributed by atoms with Crippen LogP contribution in [0.25, 0.3) is 0 Å². The van der Waals surface area contributed by atoms with Gasteiger partial charge in [0.2, 0.25) is 0 Å². The molecule has 0 heteroatoms. The zero-order valence-corrected chi connectivity index (χ0v) is 10.0. The number of rotatable bonds is 8. The topological polar surface area (TPSA) is 0 Å². The summed E-state index contributed by atoms with van der Waals surface area (Å²) in [4.78, 5) is 0. The van der Waals surface area contributed by atoms with Crippen LogP contribution in [0.4, 0.5) is 0 Å². The minimum Gasteiger partial charge on any atom is -0.0654 e. The Morgan fingerprint density at radius 3 is 2.08 bits per heavy atom. The fraction of sp³-hybridized carbons (Fsp3) is 0.923. The van der Waals surface area contributed by atoms with Gasteiger partial charge in [-0.25, -0.2) is 0 Å². The molecule has 0 spiro atoms. The highest BCUT2D eigenvalue weighted by molar-refractivity contribution is 4.80. The smallest absolute Gasteiger partial charge is 0.0300 e. The molecule has 0 aromatic carbocycles. The fourth-order valence-corrected chi connectivity index (χ4v) is 2.02. The molecule has 0 aromatic heterocycles. The van der Waals surface area contributed by atoms with Crippen LogP contribution in [0.2, 0.25) is 0 Å². The van der Waals surface area contributed by atoms with E-state index in [1.54, 1.807) is 5.92 Å². The predicted octanol–water partition coefficient (Wildman–Crippen LogP) is 4.99. The third-order valence-electron chi connectivity index (χ3n) is 2.61. The van der Waals surface area contributed by atoms with Crippen molar-refractivity contribution < 1.29 is 0 Å². The Morgan fingerprint density at radius 2 is 1.62 bits per heavy atom.